The second-order valence-electron chi connectivity index (χ2n) is 6.62. The first-order valence-electron chi connectivity index (χ1n) is 8.19. The van der Waals surface area contributed by atoms with Crippen molar-refractivity contribution in [2.45, 2.75) is 58.2 Å². The molecule has 0 saturated heterocycles. The van der Waals surface area contributed by atoms with E-state index in [2.05, 4.69) is 69.2 Å². The van der Waals surface area contributed by atoms with Crippen molar-refractivity contribution in [3.8, 4) is 5.75 Å². The first-order valence-corrected chi connectivity index (χ1v) is 8.19. The van der Waals surface area contributed by atoms with Gasteiger partial charge in [-0.3, -0.25) is 4.90 Å². The minimum absolute atomic E-state index is 0.173. The first-order chi connectivity index (χ1) is 10.0. The molecule has 1 aromatic carbocycles. The molecule has 21 heavy (non-hydrogen) atoms. The van der Waals surface area contributed by atoms with Gasteiger partial charge >= 0.3 is 0 Å². The number of rotatable bonds is 6. The van der Waals surface area contributed by atoms with Crippen molar-refractivity contribution < 1.29 is 4.74 Å². The Balaban J connectivity index is 2.29. The van der Waals surface area contributed by atoms with Crippen molar-refractivity contribution in [3.63, 3.8) is 0 Å². The third-order valence-corrected chi connectivity index (χ3v) is 4.98. The van der Waals surface area contributed by atoms with E-state index < -0.39 is 0 Å². The zero-order valence-electron chi connectivity index (χ0n) is 14.1. The molecule has 0 aliphatic carbocycles. The van der Waals surface area contributed by atoms with Crippen molar-refractivity contribution >= 4 is 0 Å². The van der Waals surface area contributed by atoms with Gasteiger partial charge in [0, 0.05) is 11.1 Å². The highest BCUT2D eigenvalue weighted by Crippen LogP contribution is 2.36. The number of ether oxygens (including phenoxy) is 1. The topological polar surface area (TPSA) is 24.5 Å². The van der Waals surface area contributed by atoms with E-state index in [9.17, 15) is 0 Å². The van der Waals surface area contributed by atoms with Gasteiger partial charge in [-0.15, -0.1) is 0 Å². The largest absolute Gasteiger partial charge is 0.492 e. The fraction of sp³-hybridized carbons (Fsp3) is 0.667. The maximum atomic E-state index is 6.03. The molecule has 0 bridgehead atoms. The molecular weight excluding hydrogens is 260 g/mol. The Morgan fingerprint density at radius 2 is 2.00 bits per heavy atom. The second-order valence-corrected chi connectivity index (χ2v) is 6.62. The van der Waals surface area contributed by atoms with E-state index in [0.29, 0.717) is 12.1 Å². The van der Waals surface area contributed by atoms with Gasteiger partial charge in [0.25, 0.3) is 0 Å². The molecule has 1 aliphatic heterocycles. The minimum atomic E-state index is 0.173. The molecule has 0 amide bonds. The number of nitrogens with zero attached hydrogens (tertiary/aromatic N) is 1. The summed E-state index contributed by atoms with van der Waals surface area (Å²) in [6.45, 7) is 10.9. The van der Waals surface area contributed by atoms with Crippen molar-refractivity contribution in [2.24, 2.45) is 0 Å². The molecule has 0 aromatic heterocycles. The number of para-hydroxylation sites is 1. The highest BCUT2D eigenvalue weighted by atomic mass is 16.5. The van der Waals surface area contributed by atoms with E-state index in [0.717, 1.165) is 31.7 Å². The van der Waals surface area contributed by atoms with Crippen LogP contribution in [0.15, 0.2) is 24.3 Å². The van der Waals surface area contributed by atoms with Gasteiger partial charge < -0.3 is 10.1 Å². The second kappa shape index (κ2) is 6.80. The summed E-state index contributed by atoms with van der Waals surface area (Å²) in [6, 6.07) is 9.14. The van der Waals surface area contributed by atoms with Crippen LogP contribution in [0.5, 0.6) is 5.75 Å². The van der Waals surface area contributed by atoms with Crippen LogP contribution >= 0.6 is 0 Å². The molecule has 1 N–H and O–H groups in total. The Kier molecular flexibility index (Phi) is 5.28. The van der Waals surface area contributed by atoms with Gasteiger partial charge in [0.15, 0.2) is 0 Å². The van der Waals surface area contributed by atoms with Gasteiger partial charge in [-0.25, -0.2) is 0 Å². The third-order valence-electron chi connectivity index (χ3n) is 4.98. The summed E-state index contributed by atoms with van der Waals surface area (Å²) in [5.41, 5.74) is 1.47. The highest BCUT2D eigenvalue weighted by Gasteiger charge is 2.37. The van der Waals surface area contributed by atoms with E-state index in [-0.39, 0.29) is 5.54 Å². The molecule has 1 aliphatic rings. The number of benzene rings is 1. The lowest BCUT2D eigenvalue weighted by atomic mass is 9.90. The molecule has 0 saturated carbocycles. The van der Waals surface area contributed by atoms with Crippen molar-refractivity contribution in [2.75, 3.05) is 20.2 Å². The normalized spacial score (nSPS) is 22.0. The molecule has 0 spiro atoms. The Labute approximate surface area is 129 Å². The van der Waals surface area contributed by atoms with E-state index in [1.54, 1.807) is 0 Å². The summed E-state index contributed by atoms with van der Waals surface area (Å²) in [4.78, 5) is 2.48. The van der Waals surface area contributed by atoms with Crippen molar-refractivity contribution in [3.05, 3.63) is 29.8 Å². The van der Waals surface area contributed by atoms with E-state index in [1.165, 1.54) is 5.56 Å². The van der Waals surface area contributed by atoms with Crippen LogP contribution in [0.1, 0.15) is 52.1 Å². The number of likely N-dealkylation sites (N-methyl/N-ethyl adjacent to an activating group) is 1. The van der Waals surface area contributed by atoms with Crippen LogP contribution in [0.3, 0.4) is 0 Å². The summed E-state index contributed by atoms with van der Waals surface area (Å²) in [5.74, 6) is 1.03. The average molecular weight is 290 g/mol. The summed E-state index contributed by atoms with van der Waals surface area (Å²) in [6.07, 6.45) is 2.27. The molecule has 1 heterocycles. The molecule has 0 fully saturated rings. The van der Waals surface area contributed by atoms with Crippen LogP contribution < -0.4 is 10.1 Å². The fourth-order valence-corrected chi connectivity index (χ4v) is 2.93. The van der Waals surface area contributed by atoms with Crippen LogP contribution in [-0.4, -0.2) is 36.7 Å². The summed E-state index contributed by atoms with van der Waals surface area (Å²) in [5, 5.41) is 3.73. The fourth-order valence-electron chi connectivity index (χ4n) is 2.93. The van der Waals surface area contributed by atoms with Crippen LogP contribution in [0.2, 0.25) is 0 Å². The molecule has 0 radical (unpaired) electrons. The SMILES string of the molecule is CCCNC1c2ccccc2OCC1N(C)C(C)(C)CC. The van der Waals surface area contributed by atoms with Crippen LogP contribution in [0.25, 0.3) is 0 Å². The van der Waals surface area contributed by atoms with Gasteiger partial charge in [-0.1, -0.05) is 32.0 Å². The maximum absolute atomic E-state index is 6.03. The molecule has 1 aromatic rings. The van der Waals surface area contributed by atoms with Gasteiger partial charge in [-0.05, 0) is 46.3 Å². The third kappa shape index (κ3) is 3.41. The summed E-state index contributed by atoms with van der Waals surface area (Å²) >= 11 is 0. The van der Waals surface area contributed by atoms with Crippen molar-refractivity contribution in [1.82, 2.24) is 10.2 Å². The van der Waals surface area contributed by atoms with Crippen LogP contribution in [0.4, 0.5) is 0 Å². The standard InChI is InChI=1S/C18H30N2O/c1-6-12-19-17-14-10-8-9-11-16(14)21-13-15(17)20(5)18(3,4)7-2/h8-11,15,17,19H,6-7,12-13H2,1-5H3. The first kappa shape index (κ1) is 16.3. The Hall–Kier alpha value is -1.06. The average Bonchev–Trinajstić information content (AvgIpc) is 2.51. The van der Waals surface area contributed by atoms with Gasteiger partial charge in [-0.2, -0.15) is 0 Å². The van der Waals surface area contributed by atoms with E-state index >= 15 is 0 Å². The Bertz CT molecular complexity index is 458. The lowest BCUT2D eigenvalue weighted by molar-refractivity contribution is 0.0325. The number of fused-ring (bicyclic) bond motifs is 1. The monoisotopic (exact) mass is 290 g/mol. The number of nitrogens with one attached hydrogen (secondary N) is 1. The lowest BCUT2D eigenvalue weighted by Crippen LogP contribution is -2.55. The quantitative estimate of drug-likeness (QED) is 0.866. The zero-order chi connectivity index (χ0) is 15.5. The Morgan fingerprint density at radius 1 is 1.29 bits per heavy atom. The zero-order valence-corrected chi connectivity index (χ0v) is 14.1. The maximum Gasteiger partial charge on any atom is 0.124 e. The molecular formula is C18H30N2O. The van der Waals surface area contributed by atoms with Crippen molar-refractivity contribution in [1.29, 1.82) is 0 Å². The van der Waals surface area contributed by atoms with Gasteiger partial charge in [0.2, 0.25) is 0 Å². The van der Waals surface area contributed by atoms with Crippen LogP contribution in [0, 0.1) is 0 Å². The highest BCUT2D eigenvalue weighted by molar-refractivity contribution is 5.39. The molecule has 3 heteroatoms. The predicted octanol–water partition coefficient (Wildman–Crippen LogP) is 3.61. The smallest absolute Gasteiger partial charge is 0.124 e. The van der Waals surface area contributed by atoms with Gasteiger partial charge in [0.05, 0.1) is 12.1 Å². The molecule has 2 atom stereocenters. The number of hydrogen-bond acceptors (Lipinski definition) is 3. The summed E-state index contributed by atoms with van der Waals surface area (Å²) < 4.78 is 6.03. The van der Waals surface area contributed by atoms with Gasteiger partial charge in [0.1, 0.15) is 12.4 Å². The molecule has 3 nitrogen and oxygen atoms in total. The van der Waals surface area contributed by atoms with Crippen LogP contribution in [-0.2, 0) is 0 Å². The molecule has 2 rings (SSSR count). The van der Waals surface area contributed by atoms with E-state index in [1.807, 2.05) is 0 Å². The Morgan fingerprint density at radius 3 is 2.67 bits per heavy atom. The lowest BCUT2D eigenvalue weighted by Gasteiger charge is -2.46. The predicted molar refractivity (Wildman–Crippen MR) is 88.9 cm³/mol. The van der Waals surface area contributed by atoms with E-state index in [4.69, 9.17) is 4.74 Å². The minimum Gasteiger partial charge on any atom is -0.492 e. The summed E-state index contributed by atoms with van der Waals surface area (Å²) in [7, 11) is 2.23. The molecule has 118 valence electrons. The molecule has 2 unspecified atom stereocenters. The number of hydrogen-bond donors (Lipinski definition) is 1.